The average molecular weight is 429 g/mol. The standard InChI is InChI=1S/C22H32N6O3/c1-17-4-10-27(12-11-26-13-15-31-16-14-26)22(30)20(17)21(29)24-19-3-7-23-28(19)18-5-8-25(2)9-6-18/h3-4,7,10,18H,5-6,8-9,11-16H2,1-2H3,(H,24,29). The number of anilines is 1. The smallest absolute Gasteiger partial charge is 0.263 e. The highest BCUT2D eigenvalue weighted by molar-refractivity contribution is 6.04. The van der Waals surface area contributed by atoms with Crippen LogP contribution in [0, 0.1) is 6.92 Å². The van der Waals surface area contributed by atoms with Gasteiger partial charge in [-0.05, 0) is 51.5 Å². The van der Waals surface area contributed by atoms with Gasteiger partial charge in [-0.1, -0.05) is 0 Å². The number of hydrogen-bond acceptors (Lipinski definition) is 6. The molecule has 2 aliphatic heterocycles. The number of hydrogen-bond donors (Lipinski definition) is 1. The molecular weight excluding hydrogens is 396 g/mol. The molecule has 4 rings (SSSR count). The van der Waals surface area contributed by atoms with Crippen molar-refractivity contribution >= 4 is 11.7 Å². The maximum absolute atomic E-state index is 13.1. The van der Waals surface area contributed by atoms with Crippen molar-refractivity contribution in [2.24, 2.45) is 0 Å². The summed E-state index contributed by atoms with van der Waals surface area (Å²) in [6.45, 7) is 8.31. The van der Waals surface area contributed by atoms with Crippen LogP contribution in [0.25, 0.3) is 0 Å². The fraction of sp³-hybridized carbons (Fsp3) is 0.591. The van der Waals surface area contributed by atoms with Crippen molar-refractivity contribution in [2.75, 3.05) is 58.3 Å². The van der Waals surface area contributed by atoms with Gasteiger partial charge >= 0.3 is 0 Å². The predicted molar refractivity (Wildman–Crippen MR) is 119 cm³/mol. The predicted octanol–water partition coefficient (Wildman–Crippen LogP) is 1.20. The Morgan fingerprint density at radius 1 is 1.16 bits per heavy atom. The molecule has 0 saturated carbocycles. The molecule has 2 aromatic rings. The van der Waals surface area contributed by atoms with E-state index in [9.17, 15) is 9.59 Å². The van der Waals surface area contributed by atoms with Crippen molar-refractivity contribution in [1.82, 2.24) is 24.1 Å². The number of nitrogens with zero attached hydrogens (tertiary/aromatic N) is 5. The first-order valence-electron chi connectivity index (χ1n) is 11.1. The van der Waals surface area contributed by atoms with Gasteiger partial charge in [0.05, 0.1) is 25.5 Å². The van der Waals surface area contributed by atoms with Crippen molar-refractivity contribution in [1.29, 1.82) is 0 Å². The van der Waals surface area contributed by atoms with Gasteiger partial charge in [0.25, 0.3) is 11.5 Å². The first-order chi connectivity index (χ1) is 15.0. The molecule has 2 fully saturated rings. The molecule has 0 aliphatic carbocycles. The zero-order valence-corrected chi connectivity index (χ0v) is 18.4. The van der Waals surface area contributed by atoms with Gasteiger partial charge in [-0.3, -0.25) is 14.5 Å². The largest absolute Gasteiger partial charge is 0.379 e. The summed E-state index contributed by atoms with van der Waals surface area (Å²) in [4.78, 5) is 30.8. The first kappa shape index (κ1) is 21.7. The van der Waals surface area contributed by atoms with Gasteiger partial charge in [0.2, 0.25) is 0 Å². The van der Waals surface area contributed by atoms with Crippen LogP contribution in [-0.2, 0) is 11.3 Å². The second-order valence-electron chi connectivity index (χ2n) is 8.48. The van der Waals surface area contributed by atoms with E-state index in [-0.39, 0.29) is 23.1 Å². The maximum Gasteiger partial charge on any atom is 0.263 e. The molecule has 2 aromatic heterocycles. The molecule has 9 nitrogen and oxygen atoms in total. The van der Waals surface area contributed by atoms with E-state index >= 15 is 0 Å². The lowest BCUT2D eigenvalue weighted by molar-refractivity contribution is 0.0363. The Morgan fingerprint density at radius 3 is 2.65 bits per heavy atom. The van der Waals surface area contributed by atoms with E-state index in [1.807, 2.05) is 10.7 Å². The summed E-state index contributed by atoms with van der Waals surface area (Å²) >= 11 is 0. The molecule has 0 aromatic carbocycles. The van der Waals surface area contributed by atoms with Crippen molar-refractivity contribution in [3.05, 3.63) is 46.0 Å². The molecule has 9 heteroatoms. The quantitative estimate of drug-likeness (QED) is 0.745. The Balaban J connectivity index is 1.47. The van der Waals surface area contributed by atoms with Crippen LogP contribution >= 0.6 is 0 Å². The third kappa shape index (κ3) is 5.06. The van der Waals surface area contributed by atoms with Crippen LogP contribution in [0.5, 0.6) is 0 Å². The van der Waals surface area contributed by atoms with Gasteiger partial charge in [0.1, 0.15) is 11.4 Å². The van der Waals surface area contributed by atoms with E-state index in [0.717, 1.165) is 58.8 Å². The molecule has 0 atom stereocenters. The van der Waals surface area contributed by atoms with Crippen molar-refractivity contribution in [3.8, 4) is 0 Å². The summed E-state index contributed by atoms with van der Waals surface area (Å²) in [6, 6.07) is 3.89. The molecule has 0 bridgehead atoms. The summed E-state index contributed by atoms with van der Waals surface area (Å²) in [7, 11) is 2.12. The van der Waals surface area contributed by atoms with Crippen molar-refractivity contribution in [2.45, 2.75) is 32.4 Å². The Labute approximate surface area is 182 Å². The maximum atomic E-state index is 13.1. The van der Waals surface area contributed by atoms with E-state index in [4.69, 9.17) is 4.74 Å². The van der Waals surface area contributed by atoms with Crippen LogP contribution in [0.15, 0.2) is 29.3 Å². The first-order valence-corrected chi connectivity index (χ1v) is 11.1. The molecule has 0 spiro atoms. The highest BCUT2D eigenvalue weighted by atomic mass is 16.5. The van der Waals surface area contributed by atoms with Gasteiger partial charge in [0.15, 0.2) is 0 Å². The number of aryl methyl sites for hydroxylation is 1. The van der Waals surface area contributed by atoms with Crippen LogP contribution in [0.3, 0.4) is 0 Å². The number of carbonyl (C=O) groups is 1. The minimum atomic E-state index is -0.377. The number of carbonyl (C=O) groups excluding carboxylic acids is 1. The summed E-state index contributed by atoms with van der Waals surface area (Å²) in [5, 5.41) is 7.38. The van der Waals surface area contributed by atoms with Crippen LogP contribution in [0.1, 0.15) is 34.8 Å². The second kappa shape index (κ2) is 9.76. The molecule has 0 unspecified atom stereocenters. The van der Waals surface area contributed by atoms with Crippen LogP contribution in [-0.4, -0.2) is 83.0 Å². The minimum Gasteiger partial charge on any atom is -0.379 e. The Hall–Kier alpha value is -2.49. The van der Waals surface area contributed by atoms with E-state index in [1.165, 1.54) is 0 Å². The zero-order valence-electron chi connectivity index (χ0n) is 18.4. The van der Waals surface area contributed by atoms with E-state index in [2.05, 4.69) is 27.3 Å². The molecule has 31 heavy (non-hydrogen) atoms. The van der Waals surface area contributed by atoms with Gasteiger partial charge in [-0.15, -0.1) is 0 Å². The summed E-state index contributed by atoms with van der Waals surface area (Å²) in [5.41, 5.74) is 0.618. The number of amides is 1. The fourth-order valence-corrected chi connectivity index (χ4v) is 4.31. The van der Waals surface area contributed by atoms with Gasteiger partial charge in [-0.2, -0.15) is 5.10 Å². The van der Waals surface area contributed by atoms with Crippen molar-refractivity contribution < 1.29 is 9.53 Å². The molecule has 1 amide bonds. The second-order valence-corrected chi connectivity index (χ2v) is 8.48. The molecular formula is C22H32N6O3. The lowest BCUT2D eigenvalue weighted by Crippen LogP contribution is -2.40. The number of ether oxygens (including phenoxy) is 1. The summed E-state index contributed by atoms with van der Waals surface area (Å²) < 4.78 is 8.90. The van der Waals surface area contributed by atoms with Crippen molar-refractivity contribution in [3.63, 3.8) is 0 Å². The van der Waals surface area contributed by atoms with Gasteiger partial charge in [-0.25, -0.2) is 4.68 Å². The van der Waals surface area contributed by atoms with Crippen LogP contribution in [0.4, 0.5) is 5.82 Å². The third-order valence-corrected chi connectivity index (χ3v) is 6.31. The highest BCUT2D eigenvalue weighted by Crippen LogP contribution is 2.25. The zero-order chi connectivity index (χ0) is 21.8. The number of likely N-dealkylation sites (tertiary alicyclic amines) is 1. The molecule has 168 valence electrons. The molecule has 1 N–H and O–H groups in total. The SMILES string of the molecule is Cc1ccn(CCN2CCOCC2)c(=O)c1C(=O)Nc1ccnn1C1CCN(C)CC1. The number of nitrogens with one attached hydrogen (secondary N) is 1. The third-order valence-electron chi connectivity index (χ3n) is 6.31. The number of piperidine rings is 1. The topological polar surface area (TPSA) is 84.6 Å². The normalized spacial score (nSPS) is 18.9. The number of rotatable bonds is 6. The Bertz CT molecular complexity index is 954. The average Bonchev–Trinajstić information content (AvgIpc) is 3.22. The number of morpholine rings is 1. The molecule has 2 saturated heterocycles. The summed E-state index contributed by atoms with van der Waals surface area (Å²) in [6.07, 6.45) is 5.45. The van der Waals surface area contributed by atoms with E-state index in [0.29, 0.717) is 17.9 Å². The molecule has 2 aliphatic rings. The molecule has 4 heterocycles. The Morgan fingerprint density at radius 2 is 1.90 bits per heavy atom. The van der Waals surface area contributed by atoms with E-state index < -0.39 is 0 Å². The van der Waals surface area contributed by atoms with Crippen LogP contribution in [0.2, 0.25) is 0 Å². The minimum absolute atomic E-state index is 0.195. The van der Waals surface area contributed by atoms with Crippen LogP contribution < -0.4 is 10.9 Å². The fourth-order valence-electron chi connectivity index (χ4n) is 4.31. The van der Waals surface area contributed by atoms with Gasteiger partial charge < -0.3 is 19.5 Å². The molecule has 0 radical (unpaired) electrons. The van der Waals surface area contributed by atoms with Gasteiger partial charge in [0, 0.05) is 38.4 Å². The van der Waals surface area contributed by atoms with E-state index in [1.54, 1.807) is 30.0 Å². The highest BCUT2D eigenvalue weighted by Gasteiger charge is 2.23. The number of pyridine rings is 1. The monoisotopic (exact) mass is 428 g/mol. The number of aromatic nitrogens is 3. The lowest BCUT2D eigenvalue weighted by Gasteiger charge is -2.30. The summed E-state index contributed by atoms with van der Waals surface area (Å²) in [5.74, 6) is 0.264. The lowest BCUT2D eigenvalue weighted by atomic mass is 10.1. The Kier molecular flexibility index (Phi) is 6.84.